The van der Waals surface area contributed by atoms with Gasteiger partial charge in [-0.1, -0.05) is 45.4 Å². The normalized spacial score (nSPS) is 15.2. The number of hydrogen-bond acceptors (Lipinski definition) is 3. The predicted molar refractivity (Wildman–Crippen MR) is 81.6 cm³/mol. The molecule has 4 nitrogen and oxygen atoms in total. The van der Waals surface area contributed by atoms with Crippen molar-refractivity contribution in [2.75, 3.05) is 7.11 Å². The van der Waals surface area contributed by atoms with Crippen LogP contribution in [0, 0.1) is 5.92 Å². The summed E-state index contributed by atoms with van der Waals surface area (Å²) in [7, 11) is 1.64. The SMILES string of the molecule is CCC(NC(=O)C(N)C(C)CC)c1ccccc1OC. The molecule has 0 spiro atoms. The molecule has 3 atom stereocenters. The van der Waals surface area contributed by atoms with Gasteiger partial charge in [0.05, 0.1) is 19.2 Å². The molecule has 0 aromatic heterocycles. The first-order valence-corrected chi connectivity index (χ1v) is 7.23. The Morgan fingerprint density at radius 2 is 1.95 bits per heavy atom. The summed E-state index contributed by atoms with van der Waals surface area (Å²) in [5.74, 6) is 0.860. The summed E-state index contributed by atoms with van der Waals surface area (Å²) >= 11 is 0. The third-order valence-corrected chi connectivity index (χ3v) is 3.80. The monoisotopic (exact) mass is 278 g/mol. The van der Waals surface area contributed by atoms with Crippen molar-refractivity contribution in [1.82, 2.24) is 5.32 Å². The van der Waals surface area contributed by atoms with Crippen molar-refractivity contribution < 1.29 is 9.53 Å². The van der Waals surface area contributed by atoms with Gasteiger partial charge >= 0.3 is 0 Å². The van der Waals surface area contributed by atoms with E-state index < -0.39 is 6.04 Å². The maximum absolute atomic E-state index is 12.2. The Morgan fingerprint density at radius 1 is 1.30 bits per heavy atom. The molecule has 0 aliphatic carbocycles. The molecule has 1 rings (SSSR count). The Kier molecular flexibility index (Phi) is 6.52. The van der Waals surface area contributed by atoms with Gasteiger partial charge < -0.3 is 15.8 Å². The highest BCUT2D eigenvalue weighted by Gasteiger charge is 2.23. The van der Waals surface area contributed by atoms with Crippen LogP contribution in [0.3, 0.4) is 0 Å². The highest BCUT2D eigenvalue weighted by molar-refractivity contribution is 5.82. The number of ether oxygens (including phenoxy) is 1. The molecule has 0 radical (unpaired) electrons. The summed E-state index contributed by atoms with van der Waals surface area (Å²) in [4.78, 5) is 12.2. The number of rotatable bonds is 7. The summed E-state index contributed by atoms with van der Waals surface area (Å²) in [5.41, 5.74) is 6.97. The van der Waals surface area contributed by atoms with E-state index in [0.29, 0.717) is 0 Å². The lowest BCUT2D eigenvalue weighted by Gasteiger charge is -2.24. The lowest BCUT2D eigenvalue weighted by molar-refractivity contribution is -0.124. The molecule has 4 heteroatoms. The van der Waals surface area contributed by atoms with Gasteiger partial charge in [-0.2, -0.15) is 0 Å². The molecule has 0 aliphatic heterocycles. The molecule has 0 aliphatic rings. The quantitative estimate of drug-likeness (QED) is 0.806. The van der Waals surface area contributed by atoms with Crippen molar-refractivity contribution in [3.05, 3.63) is 29.8 Å². The van der Waals surface area contributed by atoms with Crippen LogP contribution in [-0.2, 0) is 4.79 Å². The zero-order valence-electron chi connectivity index (χ0n) is 12.8. The Hall–Kier alpha value is -1.55. The number of hydrogen-bond donors (Lipinski definition) is 2. The fourth-order valence-corrected chi connectivity index (χ4v) is 2.13. The van der Waals surface area contributed by atoms with Crippen molar-refractivity contribution in [3.8, 4) is 5.75 Å². The van der Waals surface area contributed by atoms with E-state index in [2.05, 4.69) is 5.32 Å². The van der Waals surface area contributed by atoms with Gasteiger partial charge in [-0.3, -0.25) is 4.79 Å². The van der Waals surface area contributed by atoms with E-state index in [0.717, 1.165) is 24.2 Å². The average molecular weight is 278 g/mol. The van der Waals surface area contributed by atoms with Gasteiger partial charge in [0.1, 0.15) is 5.75 Å². The van der Waals surface area contributed by atoms with E-state index in [9.17, 15) is 4.79 Å². The number of methoxy groups -OCH3 is 1. The zero-order chi connectivity index (χ0) is 15.1. The van der Waals surface area contributed by atoms with E-state index >= 15 is 0 Å². The topological polar surface area (TPSA) is 64.4 Å². The molecule has 3 N–H and O–H groups in total. The smallest absolute Gasteiger partial charge is 0.237 e. The second kappa shape index (κ2) is 7.90. The van der Waals surface area contributed by atoms with Crippen molar-refractivity contribution in [2.24, 2.45) is 11.7 Å². The van der Waals surface area contributed by atoms with Gasteiger partial charge in [-0.05, 0) is 18.4 Å². The zero-order valence-corrected chi connectivity index (χ0v) is 12.8. The van der Waals surface area contributed by atoms with E-state index in [4.69, 9.17) is 10.5 Å². The molecule has 0 saturated heterocycles. The molecule has 0 fully saturated rings. The standard InChI is InChI=1S/C16H26N2O2/c1-5-11(3)15(17)16(19)18-13(6-2)12-9-7-8-10-14(12)20-4/h7-11,13,15H,5-6,17H2,1-4H3,(H,18,19). The number of carbonyl (C=O) groups is 1. The van der Waals surface area contributed by atoms with Crippen LogP contribution in [0.1, 0.15) is 45.2 Å². The van der Waals surface area contributed by atoms with Crippen LogP contribution < -0.4 is 15.8 Å². The molecule has 1 aromatic carbocycles. The fourth-order valence-electron chi connectivity index (χ4n) is 2.13. The first-order valence-electron chi connectivity index (χ1n) is 7.23. The van der Waals surface area contributed by atoms with E-state index in [-0.39, 0.29) is 17.9 Å². The summed E-state index contributed by atoms with van der Waals surface area (Å²) in [5, 5.41) is 3.03. The molecule has 1 aromatic rings. The minimum absolute atomic E-state index is 0.0752. The van der Waals surface area contributed by atoms with Crippen LogP contribution in [0.25, 0.3) is 0 Å². The van der Waals surface area contributed by atoms with Gasteiger partial charge in [0.25, 0.3) is 0 Å². The first-order chi connectivity index (χ1) is 9.54. The lowest BCUT2D eigenvalue weighted by atomic mass is 9.97. The summed E-state index contributed by atoms with van der Waals surface area (Å²) in [6, 6.07) is 7.20. The van der Waals surface area contributed by atoms with Gasteiger partial charge in [0.15, 0.2) is 0 Å². The van der Waals surface area contributed by atoms with Crippen LogP contribution in [0.2, 0.25) is 0 Å². The van der Waals surface area contributed by atoms with Gasteiger partial charge in [-0.15, -0.1) is 0 Å². The van der Waals surface area contributed by atoms with Gasteiger partial charge in [0.2, 0.25) is 5.91 Å². The van der Waals surface area contributed by atoms with Gasteiger partial charge in [-0.25, -0.2) is 0 Å². The van der Waals surface area contributed by atoms with Crippen molar-refractivity contribution in [2.45, 2.75) is 45.7 Å². The molecule has 1 amide bonds. The lowest BCUT2D eigenvalue weighted by Crippen LogP contribution is -2.45. The highest BCUT2D eigenvalue weighted by Crippen LogP contribution is 2.27. The highest BCUT2D eigenvalue weighted by atomic mass is 16.5. The maximum Gasteiger partial charge on any atom is 0.237 e. The molecule has 0 heterocycles. The number of amides is 1. The summed E-state index contributed by atoms with van der Waals surface area (Å²) < 4.78 is 5.36. The second-order valence-electron chi connectivity index (χ2n) is 5.12. The van der Waals surface area contributed by atoms with Crippen molar-refractivity contribution >= 4 is 5.91 Å². The minimum atomic E-state index is -0.469. The van der Waals surface area contributed by atoms with E-state index in [1.807, 2.05) is 45.0 Å². The second-order valence-corrected chi connectivity index (χ2v) is 5.12. The van der Waals surface area contributed by atoms with E-state index in [1.54, 1.807) is 7.11 Å². The third-order valence-electron chi connectivity index (χ3n) is 3.80. The van der Waals surface area contributed by atoms with Crippen LogP contribution in [0.4, 0.5) is 0 Å². The number of carbonyl (C=O) groups excluding carboxylic acids is 1. The molecular weight excluding hydrogens is 252 g/mol. The fraction of sp³-hybridized carbons (Fsp3) is 0.562. The number of benzene rings is 1. The van der Waals surface area contributed by atoms with Crippen LogP contribution in [0.5, 0.6) is 5.75 Å². The largest absolute Gasteiger partial charge is 0.496 e. The molecule has 112 valence electrons. The molecule has 20 heavy (non-hydrogen) atoms. The molecule has 3 unspecified atom stereocenters. The Balaban J connectivity index is 2.84. The van der Waals surface area contributed by atoms with Crippen molar-refractivity contribution in [1.29, 1.82) is 0 Å². The maximum atomic E-state index is 12.2. The first kappa shape index (κ1) is 16.5. The average Bonchev–Trinajstić information content (AvgIpc) is 2.50. The van der Waals surface area contributed by atoms with Crippen molar-refractivity contribution in [3.63, 3.8) is 0 Å². The number of nitrogens with one attached hydrogen (secondary N) is 1. The van der Waals surface area contributed by atoms with Crippen LogP contribution in [-0.4, -0.2) is 19.1 Å². The molecular formula is C16H26N2O2. The Morgan fingerprint density at radius 3 is 2.50 bits per heavy atom. The molecule has 0 bridgehead atoms. The van der Waals surface area contributed by atoms with E-state index in [1.165, 1.54) is 0 Å². The number of nitrogens with two attached hydrogens (primary N) is 1. The summed E-state index contributed by atoms with van der Waals surface area (Å²) in [6.07, 6.45) is 1.68. The summed E-state index contributed by atoms with van der Waals surface area (Å²) in [6.45, 7) is 6.07. The Labute approximate surface area is 121 Å². The number of para-hydroxylation sites is 1. The minimum Gasteiger partial charge on any atom is -0.496 e. The predicted octanol–water partition coefficient (Wildman–Crippen LogP) is 2.64. The third kappa shape index (κ3) is 3.97. The molecule has 0 saturated carbocycles. The van der Waals surface area contributed by atoms with Crippen LogP contribution in [0.15, 0.2) is 24.3 Å². The van der Waals surface area contributed by atoms with Gasteiger partial charge in [0, 0.05) is 5.56 Å². The van der Waals surface area contributed by atoms with Crippen LogP contribution >= 0.6 is 0 Å². The Bertz CT molecular complexity index is 434.